The quantitative estimate of drug-likeness (QED) is 0.519. The maximum absolute atomic E-state index is 12.8. The van der Waals surface area contributed by atoms with E-state index in [0.717, 1.165) is 22.0 Å². The largest absolute Gasteiger partial charge is 0.480 e. The third-order valence-electron chi connectivity index (χ3n) is 4.33. The molecule has 0 aliphatic carbocycles. The van der Waals surface area contributed by atoms with Crippen molar-refractivity contribution in [2.45, 2.75) is 20.1 Å². The van der Waals surface area contributed by atoms with Crippen molar-refractivity contribution < 1.29 is 14.3 Å². The molecule has 0 aliphatic rings. The SMILES string of the molecule is COCc1nc(OC)c2c(C)c(C(=O)NCc3nc4ccccc4[nH]3)sc2n1. The number of fused-ring (bicyclic) bond motifs is 2. The monoisotopic (exact) mass is 397 g/mol. The third kappa shape index (κ3) is 3.30. The number of methoxy groups -OCH3 is 2. The second-order valence-electron chi connectivity index (χ2n) is 6.20. The maximum Gasteiger partial charge on any atom is 0.262 e. The van der Waals surface area contributed by atoms with Crippen LogP contribution in [0.5, 0.6) is 5.88 Å². The summed E-state index contributed by atoms with van der Waals surface area (Å²) in [6, 6.07) is 7.75. The minimum Gasteiger partial charge on any atom is -0.480 e. The minimum absolute atomic E-state index is 0.184. The van der Waals surface area contributed by atoms with Crippen LogP contribution in [0.1, 0.15) is 26.9 Å². The lowest BCUT2D eigenvalue weighted by atomic mass is 10.2. The van der Waals surface area contributed by atoms with Crippen LogP contribution in [0.4, 0.5) is 0 Å². The number of carbonyl (C=O) groups excluding carboxylic acids is 1. The predicted octanol–water partition coefficient (Wildman–Crippen LogP) is 2.96. The van der Waals surface area contributed by atoms with E-state index in [-0.39, 0.29) is 12.5 Å². The molecule has 0 saturated heterocycles. The van der Waals surface area contributed by atoms with Gasteiger partial charge in [-0.25, -0.2) is 9.97 Å². The fraction of sp³-hybridized carbons (Fsp3) is 0.263. The fourth-order valence-electron chi connectivity index (χ4n) is 3.04. The molecule has 144 valence electrons. The van der Waals surface area contributed by atoms with Gasteiger partial charge in [-0.05, 0) is 24.6 Å². The zero-order valence-corrected chi connectivity index (χ0v) is 16.5. The molecule has 9 heteroatoms. The molecule has 0 aliphatic heterocycles. The molecule has 1 aromatic carbocycles. The van der Waals surface area contributed by atoms with Crippen LogP contribution in [-0.4, -0.2) is 40.1 Å². The minimum atomic E-state index is -0.184. The molecule has 0 bridgehead atoms. The number of aromatic nitrogens is 4. The molecular weight excluding hydrogens is 378 g/mol. The van der Waals surface area contributed by atoms with Gasteiger partial charge in [-0.3, -0.25) is 4.79 Å². The maximum atomic E-state index is 12.8. The summed E-state index contributed by atoms with van der Waals surface area (Å²) in [5, 5.41) is 3.67. The molecule has 4 aromatic rings. The molecule has 0 spiro atoms. The number of benzene rings is 1. The summed E-state index contributed by atoms with van der Waals surface area (Å²) in [4.78, 5) is 30.6. The number of imidazole rings is 1. The molecule has 1 amide bonds. The first kappa shape index (κ1) is 18.3. The van der Waals surface area contributed by atoms with Crippen molar-refractivity contribution in [2.24, 2.45) is 0 Å². The van der Waals surface area contributed by atoms with Gasteiger partial charge in [0.2, 0.25) is 5.88 Å². The van der Waals surface area contributed by atoms with Crippen LogP contribution < -0.4 is 10.1 Å². The second kappa shape index (κ2) is 7.53. The van der Waals surface area contributed by atoms with Crippen LogP contribution in [-0.2, 0) is 17.9 Å². The number of amides is 1. The van der Waals surface area contributed by atoms with E-state index >= 15 is 0 Å². The lowest BCUT2D eigenvalue weighted by molar-refractivity contribution is 0.0953. The molecular formula is C19H19N5O3S. The fourth-order valence-corrected chi connectivity index (χ4v) is 4.14. The second-order valence-corrected chi connectivity index (χ2v) is 7.20. The van der Waals surface area contributed by atoms with E-state index in [9.17, 15) is 4.79 Å². The van der Waals surface area contributed by atoms with Gasteiger partial charge < -0.3 is 19.8 Å². The Morgan fingerprint density at radius 3 is 2.79 bits per heavy atom. The van der Waals surface area contributed by atoms with Gasteiger partial charge >= 0.3 is 0 Å². The Morgan fingerprint density at radius 2 is 2.04 bits per heavy atom. The summed E-state index contributed by atoms with van der Waals surface area (Å²) in [6.07, 6.45) is 0. The number of ether oxygens (including phenoxy) is 2. The van der Waals surface area contributed by atoms with E-state index in [4.69, 9.17) is 9.47 Å². The highest BCUT2D eigenvalue weighted by Gasteiger charge is 2.21. The van der Waals surface area contributed by atoms with Gasteiger partial charge in [-0.2, -0.15) is 4.98 Å². The van der Waals surface area contributed by atoms with Gasteiger partial charge in [0.15, 0.2) is 5.82 Å². The zero-order chi connectivity index (χ0) is 19.7. The van der Waals surface area contributed by atoms with E-state index in [2.05, 4.69) is 25.3 Å². The van der Waals surface area contributed by atoms with Gasteiger partial charge in [0.05, 0.1) is 35.0 Å². The van der Waals surface area contributed by atoms with Crippen LogP contribution in [0, 0.1) is 6.92 Å². The van der Waals surface area contributed by atoms with E-state index in [1.807, 2.05) is 31.2 Å². The van der Waals surface area contributed by atoms with Gasteiger partial charge in [-0.15, -0.1) is 11.3 Å². The topological polar surface area (TPSA) is 102 Å². The van der Waals surface area contributed by atoms with Gasteiger partial charge in [0.25, 0.3) is 5.91 Å². The van der Waals surface area contributed by atoms with Gasteiger partial charge in [-0.1, -0.05) is 12.1 Å². The Hall–Kier alpha value is -3.04. The summed E-state index contributed by atoms with van der Waals surface area (Å²) in [5.74, 6) is 1.48. The molecule has 0 fully saturated rings. The standard InChI is InChI=1S/C19H19N5O3S/c1-10-15-18(27-3)23-14(9-26-2)24-19(15)28-16(10)17(25)20-8-13-21-11-6-4-5-7-12(11)22-13/h4-7H,8-9H2,1-3H3,(H,20,25)(H,21,22). The number of hydrogen-bond acceptors (Lipinski definition) is 7. The average Bonchev–Trinajstić information content (AvgIpc) is 3.26. The highest BCUT2D eigenvalue weighted by Crippen LogP contribution is 2.35. The summed E-state index contributed by atoms with van der Waals surface area (Å²) >= 11 is 1.31. The van der Waals surface area contributed by atoms with Crippen molar-refractivity contribution in [1.82, 2.24) is 25.3 Å². The van der Waals surface area contributed by atoms with E-state index in [1.165, 1.54) is 11.3 Å². The molecule has 0 radical (unpaired) electrons. The lowest BCUT2D eigenvalue weighted by Gasteiger charge is -2.05. The summed E-state index contributed by atoms with van der Waals surface area (Å²) in [7, 11) is 3.13. The molecule has 4 rings (SSSR count). The molecule has 0 saturated carbocycles. The number of carbonyl (C=O) groups is 1. The average molecular weight is 397 g/mol. The summed E-state index contributed by atoms with van der Waals surface area (Å²) < 4.78 is 10.5. The summed E-state index contributed by atoms with van der Waals surface area (Å²) in [6.45, 7) is 2.45. The van der Waals surface area contributed by atoms with E-state index < -0.39 is 0 Å². The number of aryl methyl sites for hydroxylation is 1. The number of nitrogens with one attached hydrogen (secondary N) is 2. The number of H-pyrrole nitrogens is 1. The van der Waals surface area contributed by atoms with Crippen molar-refractivity contribution in [2.75, 3.05) is 14.2 Å². The van der Waals surface area contributed by atoms with Crippen LogP contribution >= 0.6 is 11.3 Å². The van der Waals surface area contributed by atoms with Crippen LogP contribution in [0.3, 0.4) is 0 Å². The Labute approximate surface area is 164 Å². The molecule has 8 nitrogen and oxygen atoms in total. The first-order valence-electron chi connectivity index (χ1n) is 8.65. The van der Waals surface area contributed by atoms with Crippen molar-refractivity contribution in [3.8, 4) is 5.88 Å². The van der Waals surface area contributed by atoms with Crippen LogP contribution in [0.2, 0.25) is 0 Å². The Morgan fingerprint density at radius 1 is 1.21 bits per heavy atom. The number of nitrogens with zero attached hydrogens (tertiary/aromatic N) is 3. The number of aromatic amines is 1. The molecule has 0 atom stereocenters. The normalized spacial score (nSPS) is 11.2. The van der Waals surface area contributed by atoms with Crippen molar-refractivity contribution in [1.29, 1.82) is 0 Å². The van der Waals surface area contributed by atoms with Crippen molar-refractivity contribution >= 4 is 38.5 Å². The van der Waals surface area contributed by atoms with Gasteiger partial charge in [0.1, 0.15) is 17.3 Å². The highest BCUT2D eigenvalue weighted by atomic mass is 32.1. The number of para-hydroxylation sites is 2. The first-order chi connectivity index (χ1) is 13.6. The number of hydrogen-bond donors (Lipinski definition) is 2. The van der Waals surface area contributed by atoms with Crippen LogP contribution in [0.15, 0.2) is 24.3 Å². The molecule has 3 heterocycles. The van der Waals surface area contributed by atoms with Crippen molar-refractivity contribution in [3.63, 3.8) is 0 Å². The zero-order valence-electron chi connectivity index (χ0n) is 15.7. The van der Waals surface area contributed by atoms with E-state index in [1.54, 1.807) is 14.2 Å². The summed E-state index contributed by atoms with van der Waals surface area (Å²) in [5.41, 5.74) is 2.61. The predicted molar refractivity (Wildman–Crippen MR) is 107 cm³/mol. The molecule has 0 unspecified atom stereocenters. The first-order valence-corrected chi connectivity index (χ1v) is 9.47. The Balaban J connectivity index is 1.60. The molecule has 28 heavy (non-hydrogen) atoms. The van der Waals surface area contributed by atoms with Crippen molar-refractivity contribution in [3.05, 3.63) is 46.4 Å². The number of rotatable bonds is 6. The Bertz CT molecular complexity index is 1130. The van der Waals surface area contributed by atoms with Crippen LogP contribution in [0.25, 0.3) is 21.3 Å². The Kier molecular flexibility index (Phi) is 4.93. The highest BCUT2D eigenvalue weighted by molar-refractivity contribution is 7.20. The smallest absolute Gasteiger partial charge is 0.262 e. The number of thiophene rings is 1. The third-order valence-corrected chi connectivity index (χ3v) is 5.52. The lowest BCUT2D eigenvalue weighted by Crippen LogP contribution is -2.23. The van der Waals surface area contributed by atoms with E-state index in [0.29, 0.717) is 33.8 Å². The molecule has 2 N–H and O–H groups in total. The van der Waals surface area contributed by atoms with Gasteiger partial charge in [0, 0.05) is 7.11 Å². The molecule has 3 aromatic heterocycles.